The maximum absolute atomic E-state index is 12.7. The molecule has 1 heterocycles. The number of carbonyl (C=O) groups excluding carboxylic acids is 2. The van der Waals surface area contributed by atoms with E-state index in [4.69, 9.17) is 0 Å². The van der Waals surface area contributed by atoms with Crippen LogP contribution in [0.25, 0.3) is 0 Å². The van der Waals surface area contributed by atoms with Gasteiger partial charge in [0.25, 0.3) is 0 Å². The summed E-state index contributed by atoms with van der Waals surface area (Å²) in [5.41, 5.74) is 2.26. The number of hydrogen-bond donors (Lipinski definition) is 1. The average Bonchev–Trinajstić information content (AvgIpc) is 2.83. The summed E-state index contributed by atoms with van der Waals surface area (Å²) < 4.78 is 0. The van der Waals surface area contributed by atoms with Crippen molar-refractivity contribution in [1.82, 2.24) is 15.1 Å². The first kappa shape index (κ1) is 19.1. The van der Waals surface area contributed by atoms with E-state index >= 15 is 0 Å². The van der Waals surface area contributed by atoms with Crippen molar-refractivity contribution in [3.63, 3.8) is 0 Å². The highest BCUT2D eigenvalue weighted by Gasteiger charge is 2.22. The molecular weight excluding hydrogens is 338 g/mol. The van der Waals surface area contributed by atoms with Crippen molar-refractivity contribution < 1.29 is 9.59 Å². The highest BCUT2D eigenvalue weighted by molar-refractivity contribution is 5.81. The molecule has 1 aliphatic rings. The van der Waals surface area contributed by atoms with Gasteiger partial charge in [0.05, 0.1) is 19.1 Å². The molecule has 0 aromatic heterocycles. The van der Waals surface area contributed by atoms with Crippen molar-refractivity contribution in [2.75, 3.05) is 33.2 Å². The Morgan fingerprint density at radius 1 is 1.04 bits per heavy atom. The van der Waals surface area contributed by atoms with Gasteiger partial charge in [0, 0.05) is 20.1 Å². The summed E-state index contributed by atoms with van der Waals surface area (Å²) in [4.78, 5) is 28.4. The first-order valence-corrected chi connectivity index (χ1v) is 9.46. The smallest absolute Gasteiger partial charge is 0.236 e. The SMILES string of the molecule is CN1CCCN(CC(=O)N[C@@H](Cc2ccccc2)c2ccccc2)CC1=O. The van der Waals surface area contributed by atoms with Crippen molar-refractivity contribution >= 4 is 11.8 Å². The lowest BCUT2D eigenvalue weighted by molar-refractivity contribution is -0.130. The number of amides is 2. The Kier molecular flexibility index (Phi) is 6.60. The van der Waals surface area contributed by atoms with Gasteiger partial charge in [-0.3, -0.25) is 14.5 Å². The summed E-state index contributed by atoms with van der Waals surface area (Å²) in [6.45, 7) is 2.06. The third-order valence-electron chi connectivity index (χ3n) is 4.94. The molecule has 0 unspecified atom stereocenters. The molecule has 0 saturated carbocycles. The van der Waals surface area contributed by atoms with Crippen molar-refractivity contribution in [3.8, 4) is 0 Å². The third kappa shape index (κ3) is 5.66. The van der Waals surface area contributed by atoms with Gasteiger partial charge in [-0.15, -0.1) is 0 Å². The van der Waals surface area contributed by atoms with Gasteiger partial charge >= 0.3 is 0 Å². The summed E-state index contributed by atoms with van der Waals surface area (Å²) in [6, 6.07) is 20.1. The predicted molar refractivity (Wildman–Crippen MR) is 106 cm³/mol. The second-order valence-electron chi connectivity index (χ2n) is 7.10. The van der Waals surface area contributed by atoms with Gasteiger partial charge in [0.2, 0.25) is 11.8 Å². The Hall–Kier alpha value is -2.66. The fraction of sp³-hybridized carbons (Fsp3) is 0.364. The van der Waals surface area contributed by atoms with Crippen LogP contribution in [0.4, 0.5) is 0 Å². The van der Waals surface area contributed by atoms with Crippen LogP contribution in [0.2, 0.25) is 0 Å². The number of benzene rings is 2. The van der Waals surface area contributed by atoms with Gasteiger partial charge in [-0.1, -0.05) is 60.7 Å². The zero-order valence-electron chi connectivity index (χ0n) is 15.8. The molecule has 2 aromatic carbocycles. The summed E-state index contributed by atoms with van der Waals surface area (Å²) >= 11 is 0. The lowest BCUT2D eigenvalue weighted by Crippen LogP contribution is -2.42. The van der Waals surface area contributed by atoms with Crippen LogP contribution in [-0.2, 0) is 16.0 Å². The standard InChI is InChI=1S/C22H27N3O2/c1-24-13-8-14-25(17-22(24)27)16-21(26)23-20(19-11-6-3-7-12-19)15-18-9-4-2-5-10-18/h2-7,9-12,20H,8,13-17H2,1H3,(H,23,26)/t20-/m0/s1. The molecule has 5 nitrogen and oxygen atoms in total. The normalized spacial score (nSPS) is 16.6. The Morgan fingerprint density at radius 2 is 1.70 bits per heavy atom. The zero-order valence-corrected chi connectivity index (χ0v) is 15.8. The average molecular weight is 365 g/mol. The van der Waals surface area contributed by atoms with Gasteiger partial charge < -0.3 is 10.2 Å². The molecule has 5 heteroatoms. The molecule has 1 atom stereocenters. The predicted octanol–water partition coefficient (Wildman–Crippen LogP) is 2.25. The molecule has 2 aromatic rings. The van der Waals surface area contributed by atoms with E-state index in [1.54, 1.807) is 4.90 Å². The molecule has 1 saturated heterocycles. The maximum Gasteiger partial charge on any atom is 0.236 e. The molecule has 2 amide bonds. The van der Waals surface area contributed by atoms with E-state index in [1.807, 2.05) is 60.5 Å². The first-order chi connectivity index (χ1) is 13.1. The molecule has 0 bridgehead atoms. The van der Waals surface area contributed by atoms with Gasteiger partial charge in [-0.25, -0.2) is 0 Å². The van der Waals surface area contributed by atoms with Crippen LogP contribution in [0, 0.1) is 0 Å². The first-order valence-electron chi connectivity index (χ1n) is 9.46. The Morgan fingerprint density at radius 3 is 2.41 bits per heavy atom. The van der Waals surface area contributed by atoms with Crippen LogP contribution >= 0.6 is 0 Å². The largest absolute Gasteiger partial charge is 0.348 e. The zero-order chi connectivity index (χ0) is 19.1. The lowest BCUT2D eigenvalue weighted by atomic mass is 9.99. The highest BCUT2D eigenvalue weighted by Crippen LogP contribution is 2.18. The number of likely N-dealkylation sites (N-methyl/N-ethyl adjacent to an activating group) is 1. The van der Waals surface area contributed by atoms with Gasteiger partial charge in [0.15, 0.2) is 0 Å². The minimum absolute atomic E-state index is 0.0443. The monoisotopic (exact) mass is 365 g/mol. The van der Waals surface area contributed by atoms with Crippen LogP contribution in [0.1, 0.15) is 23.6 Å². The third-order valence-corrected chi connectivity index (χ3v) is 4.94. The van der Waals surface area contributed by atoms with Crippen LogP contribution in [0.15, 0.2) is 60.7 Å². The fourth-order valence-electron chi connectivity index (χ4n) is 3.41. The minimum Gasteiger partial charge on any atom is -0.348 e. The molecule has 0 aliphatic carbocycles. The number of hydrogen-bond acceptors (Lipinski definition) is 3. The van der Waals surface area contributed by atoms with Gasteiger partial charge in [-0.2, -0.15) is 0 Å². The molecular formula is C22H27N3O2. The molecule has 3 rings (SSSR count). The summed E-state index contributed by atoms with van der Waals surface area (Å²) in [5, 5.41) is 3.17. The van der Waals surface area contributed by atoms with Gasteiger partial charge in [0.1, 0.15) is 0 Å². The van der Waals surface area contributed by atoms with Crippen LogP contribution in [-0.4, -0.2) is 54.8 Å². The van der Waals surface area contributed by atoms with E-state index in [2.05, 4.69) is 17.4 Å². The topological polar surface area (TPSA) is 52.6 Å². The van der Waals surface area contributed by atoms with Crippen molar-refractivity contribution in [2.45, 2.75) is 18.9 Å². The summed E-state index contributed by atoms with van der Waals surface area (Å²) in [6.07, 6.45) is 1.62. The number of nitrogens with zero attached hydrogens (tertiary/aromatic N) is 2. The Balaban J connectivity index is 1.66. The molecule has 142 valence electrons. The van der Waals surface area contributed by atoms with E-state index in [0.29, 0.717) is 6.54 Å². The van der Waals surface area contributed by atoms with Crippen LogP contribution in [0.5, 0.6) is 0 Å². The summed E-state index contributed by atoms with van der Waals surface area (Å²) in [7, 11) is 1.82. The number of nitrogens with one attached hydrogen (secondary N) is 1. The maximum atomic E-state index is 12.7. The molecule has 0 radical (unpaired) electrons. The number of rotatable bonds is 6. The Labute approximate surface area is 161 Å². The van der Waals surface area contributed by atoms with E-state index < -0.39 is 0 Å². The highest BCUT2D eigenvalue weighted by atomic mass is 16.2. The van der Waals surface area contributed by atoms with Gasteiger partial charge in [-0.05, 0) is 24.0 Å². The van der Waals surface area contributed by atoms with Crippen molar-refractivity contribution in [2.24, 2.45) is 0 Å². The molecule has 1 N–H and O–H groups in total. The quantitative estimate of drug-likeness (QED) is 0.854. The van der Waals surface area contributed by atoms with Crippen molar-refractivity contribution in [3.05, 3.63) is 71.8 Å². The van der Waals surface area contributed by atoms with E-state index in [9.17, 15) is 9.59 Å². The molecule has 27 heavy (non-hydrogen) atoms. The number of carbonyl (C=O) groups is 2. The summed E-state index contributed by atoms with van der Waals surface area (Å²) in [5.74, 6) is 0.0290. The minimum atomic E-state index is -0.0912. The van der Waals surface area contributed by atoms with Crippen molar-refractivity contribution in [1.29, 1.82) is 0 Å². The second-order valence-corrected chi connectivity index (χ2v) is 7.10. The van der Waals surface area contributed by atoms with Crippen LogP contribution in [0.3, 0.4) is 0 Å². The van der Waals surface area contributed by atoms with E-state index in [0.717, 1.165) is 31.5 Å². The van der Waals surface area contributed by atoms with E-state index in [-0.39, 0.29) is 24.4 Å². The lowest BCUT2D eigenvalue weighted by Gasteiger charge is -2.23. The molecule has 1 aliphatic heterocycles. The fourth-order valence-corrected chi connectivity index (χ4v) is 3.41. The molecule has 1 fully saturated rings. The Bertz CT molecular complexity index is 749. The van der Waals surface area contributed by atoms with E-state index in [1.165, 1.54) is 5.56 Å². The second kappa shape index (κ2) is 9.33. The molecule has 0 spiro atoms. The van der Waals surface area contributed by atoms with Crippen LogP contribution < -0.4 is 5.32 Å².